The lowest BCUT2D eigenvalue weighted by atomic mass is 10.1. The maximum Gasteiger partial charge on any atom is 0.227 e. The summed E-state index contributed by atoms with van der Waals surface area (Å²) in [6.07, 6.45) is 3.69. The average molecular weight is 382 g/mol. The zero-order valence-corrected chi connectivity index (χ0v) is 13.5. The molecule has 0 atom stereocenters. The summed E-state index contributed by atoms with van der Waals surface area (Å²) in [5.74, 6) is 0.00430. The van der Waals surface area contributed by atoms with Crippen LogP contribution in [0.25, 0.3) is 21.8 Å². The summed E-state index contributed by atoms with van der Waals surface area (Å²) in [5, 5.41) is 1.98. The summed E-state index contributed by atoms with van der Waals surface area (Å²) < 4.78 is 3.59. The molecule has 5 heteroatoms. The molecule has 96 valence electrons. The fourth-order valence-corrected chi connectivity index (χ4v) is 2.97. The fourth-order valence-electron chi connectivity index (χ4n) is 2.30. The molecule has 0 spiro atoms. The maximum atomic E-state index is 11.8. The van der Waals surface area contributed by atoms with Crippen molar-refractivity contribution in [3.05, 3.63) is 39.0 Å². The Morgan fingerprint density at radius 3 is 2.58 bits per heavy atom. The van der Waals surface area contributed by atoms with Gasteiger partial charge in [-0.2, -0.15) is 0 Å². The molecule has 0 bridgehead atoms. The highest BCUT2D eigenvalue weighted by Crippen LogP contribution is 2.33. The van der Waals surface area contributed by atoms with Crippen molar-refractivity contribution in [2.45, 2.75) is 13.8 Å². The lowest BCUT2D eigenvalue weighted by Gasteiger charge is -2.06. The molecule has 19 heavy (non-hydrogen) atoms. The van der Waals surface area contributed by atoms with Crippen LogP contribution >= 0.6 is 31.9 Å². The number of carbonyl (C=O) groups is 1. The number of nitrogens with zero attached hydrogens (tertiary/aromatic N) is 2. The van der Waals surface area contributed by atoms with E-state index in [-0.39, 0.29) is 5.91 Å². The van der Waals surface area contributed by atoms with Crippen LogP contribution in [0.15, 0.2) is 33.5 Å². The third-order valence-electron chi connectivity index (χ3n) is 3.21. The predicted molar refractivity (Wildman–Crippen MR) is 83.7 cm³/mol. The number of halogens is 2. The number of fused-ring (bicyclic) bond motifs is 3. The highest BCUT2D eigenvalue weighted by atomic mass is 79.9. The molecular formula is C14H10Br2N2O. The largest absolute Gasteiger partial charge is 0.286 e. The van der Waals surface area contributed by atoms with Gasteiger partial charge in [0, 0.05) is 39.0 Å². The minimum Gasteiger partial charge on any atom is -0.286 e. The Labute approximate surface area is 126 Å². The zero-order valence-electron chi connectivity index (χ0n) is 10.4. The Hall–Kier alpha value is -1.20. The quantitative estimate of drug-likeness (QED) is 0.566. The number of hydrogen-bond acceptors (Lipinski definition) is 2. The lowest BCUT2D eigenvalue weighted by molar-refractivity contribution is 0.0941. The molecule has 1 aromatic carbocycles. The zero-order chi connectivity index (χ0) is 13.7. The second-order valence-corrected chi connectivity index (χ2v) is 6.21. The first-order chi connectivity index (χ1) is 8.99. The van der Waals surface area contributed by atoms with Gasteiger partial charge < -0.3 is 0 Å². The van der Waals surface area contributed by atoms with E-state index in [1.807, 2.05) is 31.5 Å². The smallest absolute Gasteiger partial charge is 0.227 e. The summed E-state index contributed by atoms with van der Waals surface area (Å²) in [7, 11) is 0. The molecule has 3 nitrogen and oxygen atoms in total. The van der Waals surface area contributed by atoms with Gasteiger partial charge in [-0.3, -0.25) is 14.3 Å². The summed E-state index contributed by atoms with van der Waals surface area (Å²) in [6, 6.07) is 3.94. The van der Waals surface area contributed by atoms with E-state index in [1.165, 1.54) is 0 Å². The average Bonchev–Trinajstić information content (AvgIpc) is 2.69. The van der Waals surface area contributed by atoms with E-state index < -0.39 is 0 Å². The molecule has 3 rings (SSSR count). The van der Waals surface area contributed by atoms with Crippen molar-refractivity contribution in [1.29, 1.82) is 0 Å². The first kappa shape index (κ1) is 12.8. The van der Waals surface area contributed by atoms with Crippen molar-refractivity contribution < 1.29 is 4.79 Å². The van der Waals surface area contributed by atoms with Gasteiger partial charge in [-0.25, -0.2) is 0 Å². The number of benzene rings is 1. The van der Waals surface area contributed by atoms with Gasteiger partial charge in [0.05, 0.1) is 11.0 Å². The maximum absolute atomic E-state index is 11.8. The molecule has 2 heterocycles. The first-order valence-corrected chi connectivity index (χ1v) is 7.34. The van der Waals surface area contributed by atoms with E-state index in [1.54, 1.807) is 11.5 Å². The van der Waals surface area contributed by atoms with Crippen LogP contribution in [0.1, 0.15) is 17.3 Å². The normalized spacial score (nSPS) is 11.4. The van der Waals surface area contributed by atoms with Crippen LogP contribution in [-0.2, 0) is 0 Å². The van der Waals surface area contributed by atoms with Gasteiger partial charge in [0.1, 0.15) is 0 Å². The van der Waals surface area contributed by atoms with Gasteiger partial charge in [0.25, 0.3) is 0 Å². The minimum atomic E-state index is 0.00430. The fraction of sp³-hybridized carbons (Fsp3) is 0.143. The lowest BCUT2D eigenvalue weighted by Crippen LogP contribution is -2.03. The van der Waals surface area contributed by atoms with Crippen molar-refractivity contribution in [2.24, 2.45) is 0 Å². The molecule has 0 saturated heterocycles. The third kappa shape index (κ3) is 1.92. The first-order valence-electron chi connectivity index (χ1n) is 5.75. The van der Waals surface area contributed by atoms with Crippen LogP contribution in [0.2, 0.25) is 0 Å². The van der Waals surface area contributed by atoms with Gasteiger partial charge in [-0.1, -0.05) is 0 Å². The number of pyridine rings is 1. The summed E-state index contributed by atoms with van der Waals surface area (Å²) in [6.45, 7) is 3.56. The number of aryl methyl sites for hydroxylation is 1. The van der Waals surface area contributed by atoms with E-state index in [0.717, 1.165) is 36.3 Å². The molecule has 0 aliphatic rings. The van der Waals surface area contributed by atoms with E-state index >= 15 is 0 Å². The van der Waals surface area contributed by atoms with Crippen molar-refractivity contribution >= 4 is 59.6 Å². The van der Waals surface area contributed by atoms with E-state index in [0.29, 0.717) is 0 Å². The van der Waals surface area contributed by atoms with Crippen molar-refractivity contribution in [2.75, 3.05) is 0 Å². The SMILES string of the molecule is CC(=O)n1cc(C)c2cnc3cc(Br)c(Br)cc3c21. The topological polar surface area (TPSA) is 34.9 Å². The molecule has 3 aromatic rings. The van der Waals surface area contributed by atoms with Crippen molar-refractivity contribution in [1.82, 2.24) is 9.55 Å². The van der Waals surface area contributed by atoms with E-state index in [4.69, 9.17) is 0 Å². The summed E-state index contributed by atoms with van der Waals surface area (Å²) >= 11 is 6.97. The Morgan fingerprint density at radius 2 is 1.89 bits per heavy atom. The van der Waals surface area contributed by atoms with Gasteiger partial charge >= 0.3 is 0 Å². The molecule has 0 amide bonds. The van der Waals surface area contributed by atoms with Crippen LogP contribution in [0.3, 0.4) is 0 Å². The number of rotatable bonds is 0. The Morgan fingerprint density at radius 1 is 1.21 bits per heavy atom. The Bertz CT molecular complexity index is 836. The van der Waals surface area contributed by atoms with Crippen LogP contribution in [0.5, 0.6) is 0 Å². The monoisotopic (exact) mass is 380 g/mol. The number of carbonyl (C=O) groups excluding carboxylic acids is 1. The van der Waals surface area contributed by atoms with Crippen molar-refractivity contribution in [3.63, 3.8) is 0 Å². The standard InChI is InChI=1S/C14H10Br2N2O/c1-7-6-18(8(2)19)14-9-3-11(15)12(16)4-13(9)17-5-10(7)14/h3-6H,1-2H3. The van der Waals surface area contributed by atoms with Gasteiger partial charge in [-0.15, -0.1) is 0 Å². The Balaban J connectivity index is 2.57. The molecule has 0 N–H and O–H groups in total. The van der Waals surface area contributed by atoms with E-state index in [9.17, 15) is 4.79 Å². The molecular weight excluding hydrogens is 372 g/mol. The second kappa shape index (κ2) is 4.42. The van der Waals surface area contributed by atoms with Crippen LogP contribution in [0.4, 0.5) is 0 Å². The second-order valence-electron chi connectivity index (χ2n) is 4.51. The molecule has 0 radical (unpaired) electrons. The molecule has 0 unspecified atom stereocenters. The highest BCUT2D eigenvalue weighted by molar-refractivity contribution is 9.13. The van der Waals surface area contributed by atoms with Crippen LogP contribution in [-0.4, -0.2) is 15.5 Å². The van der Waals surface area contributed by atoms with Crippen molar-refractivity contribution in [3.8, 4) is 0 Å². The number of hydrogen-bond donors (Lipinski definition) is 0. The molecule has 0 aliphatic heterocycles. The molecule has 0 saturated carbocycles. The minimum absolute atomic E-state index is 0.00430. The van der Waals surface area contributed by atoms with Crippen LogP contribution in [0, 0.1) is 6.92 Å². The van der Waals surface area contributed by atoms with E-state index in [2.05, 4.69) is 36.8 Å². The number of aromatic nitrogens is 2. The summed E-state index contributed by atoms with van der Waals surface area (Å²) in [4.78, 5) is 16.3. The Kier molecular flexibility index (Phi) is 2.98. The van der Waals surface area contributed by atoms with Crippen LogP contribution < -0.4 is 0 Å². The summed E-state index contributed by atoms with van der Waals surface area (Å²) in [5.41, 5.74) is 2.84. The third-order valence-corrected chi connectivity index (χ3v) is 5.05. The molecule has 2 aromatic heterocycles. The highest BCUT2D eigenvalue weighted by Gasteiger charge is 2.13. The molecule has 0 fully saturated rings. The van der Waals surface area contributed by atoms with Gasteiger partial charge in [0.15, 0.2) is 0 Å². The molecule has 0 aliphatic carbocycles. The van der Waals surface area contributed by atoms with Gasteiger partial charge in [0.2, 0.25) is 5.91 Å². The predicted octanol–water partition coefficient (Wildman–Crippen LogP) is 4.68. The van der Waals surface area contributed by atoms with Gasteiger partial charge in [-0.05, 0) is 56.5 Å².